The Hall–Kier alpha value is -1.45. The molecule has 1 aliphatic carbocycles. The van der Waals surface area contributed by atoms with Crippen molar-refractivity contribution in [2.24, 2.45) is 5.92 Å². The second kappa shape index (κ2) is 7.36. The van der Waals surface area contributed by atoms with Crippen LogP contribution in [0.1, 0.15) is 69.2 Å². The lowest BCUT2D eigenvalue weighted by Gasteiger charge is -2.24. The fourth-order valence-electron chi connectivity index (χ4n) is 2.88. The van der Waals surface area contributed by atoms with Crippen molar-refractivity contribution in [2.75, 3.05) is 0 Å². The Morgan fingerprint density at radius 3 is 2.40 bits per heavy atom. The van der Waals surface area contributed by atoms with E-state index in [1.54, 1.807) is 0 Å². The van der Waals surface area contributed by atoms with E-state index in [9.17, 15) is 4.79 Å². The highest BCUT2D eigenvalue weighted by Crippen LogP contribution is 2.34. The number of carboxylic acids is 1. The van der Waals surface area contributed by atoms with Crippen molar-refractivity contribution in [1.82, 2.24) is 9.97 Å². The first-order chi connectivity index (χ1) is 9.70. The summed E-state index contributed by atoms with van der Waals surface area (Å²) in [5.74, 6) is 0.415. The molecular formula is C16H24N2O2. The lowest BCUT2D eigenvalue weighted by molar-refractivity contribution is -0.142. The minimum atomic E-state index is -0.657. The second-order valence-electron chi connectivity index (χ2n) is 5.79. The van der Waals surface area contributed by atoms with Gasteiger partial charge in [-0.3, -0.25) is 4.79 Å². The maximum absolute atomic E-state index is 10.9. The zero-order valence-corrected chi connectivity index (χ0v) is 12.2. The molecule has 0 aromatic carbocycles. The van der Waals surface area contributed by atoms with Crippen molar-refractivity contribution in [1.29, 1.82) is 0 Å². The molecule has 0 aliphatic heterocycles. The summed E-state index contributed by atoms with van der Waals surface area (Å²) in [4.78, 5) is 19.9. The molecule has 0 spiro atoms. The van der Waals surface area contributed by atoms with Crippen LogP contribution in [0.25, 0.3) is 0 Å². The molecule has 1 saturated carbocycles. The van der Waals surface area contributed by atoms with Gasteiger partial charge in [0, 0.05) is 18.3 Å². The van der Waals surface area contributed by atoms with Crippen LogP contribution in [0, 0.1) is 5.92 Å². The average molecular weight is 276 g/mol. The van der Waals surface area contributed by atoms with Crippen LogP contribution < -0.4 is 0 Å². The van der Waals surface area contributed by atoms with Crippen LogP contribution in [-0.2, 0) is 11.2 Å². The summed E-state index contributed by atoms with van der Waals surface area (Å²) < 4.78 is 0. The number of rotatable bonds is 6. The number of hydrogen-bond acceptors (Lipinski definition) is 3. The number of hydrogen-bond donors (Lipinski definition) is 1. The predicted molar refractivity (Wildman–Crippen MR) is 77.6 cm³/mol. The van der Waals surface area contributed by atoms with Gasteiger partial charge in [-0.1, -0.05) is 19.8 Å². The van der Waals surface area contributed by atoms with Gasteiger partial charge in [0.2, 0.25) is 0 Å². The molecule has 110 valence electrons. The first kappa shape index (κ1) is 14.9. The van der Waals surface area contributed by atoms with Crippen molar-refractivity contribution >= 4 is 5.97 Å². The normalized spacial score (nSPS) is 22.6. The summed E-state index contributed by atoms with van der Waals surface area (Å²) >= 11 is 0. The van der Waals surface area contributed by atoms with Gasteiger partial charge in [-0.25, -0.2) is 9.97 Å². The summed E-state index contributed by atoms with van der Waals surface area (Å²) in [5.41, 5.74) is 1.21. The van der Waals surface area contributed by atoms with Gasteiger partial charge in [-0.05, 0) is 44.1 Å². The Bertz CT molecular complexity index is 423. The molecule has 1 aliphatic rings. The van der Waals surface area contributed by atoms with Crippen LogP contribution in [0.5, 0.6) is 0 Å². The molecule has 1 aromatic heterocycles. The minimum absolute atomic E-state index is 0.167. The maximum Gasteiger partial charge on any atom is 0.306 e. The number of nitrogens with zero attached hydrogens (tertiary/aromatic N) is 2. The van der Waals surface area contributed by atoms with Crippen LogP contribution in [0.4, 0.5) is 0 Å². The van der Waals surface area contributed by atoms with E-state index >= 15 is 0 Å². The van der Waals surface area contributed by atoms with Gasteiger partial charge in [-0.2, -0.15) is 0 Å². The van der Waals surface area contributed by atoms with E-state index in [-0.39, 0.29) is 5.92 Å². The van der Waals surface area contributed by atoms with Crippen LogP contribution in [0.15, 0.2) is 12.4 Å². The smallest absolute Gasteiger partial charge is 0.306 e. The predicted octanol–water partition coefficient (Wildman–Crippen LogP) is 3.57. The highest BCUT2D eigenvalue weighted by atomic mass is 16.4. The number of aliphatic carboxylic acids is 1. The van der Waals surface area contributed by atoms with E-state index in [1.165, 1.54) is 24.8 Å². The molecule has 0 bridgehead atoms. The molecule has 1 heterocycles. The van der Waals surface area contributed by atoms with Gasteiger partial charge in [0.15, 0.2) is 0 Å². The molecule has 0 saturated heterocycles. The Kier molecular flexibility index (Phi) is 5.50. The second-order valence-corrected chi connectivity index (χ2v) is 5.79. The maximum atomic E-state index is 10.9. The Labute approximate surface area is 120 Å². The van der Waals surface area contributed by atoms with E-state index in [4.69, 9.17) is 5.11 Å². The molecule has 0 amide bonds. The molecule has 1 fully saturated rings. The van der Waals surface area contributed by atoms with Gasteiger partial charge < -0.3 is 5.11 Å². The quantitative estimate of drug-likeness (QED) is 0.807. The monoisotopic (exact) mass is 276 g/mol. The van der Waals surface area contributed by atoms with Crippen molar-refractivity contribution < 1.29 is 9.90 Å². The third-order valence-electron chi connectivity index (χ3n) is 4.24. The standard InChI is InChI=1S/C16H24N2O2/c1-2-3-4-5-12-10-17-15(18-11-12)13-6-8-14(9-7-13)16(19)20/h10-11,13-14H,2-9H2,1H3,(H,19,20). The van der Waals surface area contributed by atoms with E-state index in [0.29, 0.717) is 5.92 Å². The average Bonchev–Trinajstić information content (AvgIpc) is 2.48. The molecule has 0 radical (unpaired) electrons. The van der Waals surface area contributed by atoms with E-state index in [1.807, 2.05) is 12.4 Å². The largest absolute Gasteiger partial charge is 0.481 e. The molecule has 4 nitrogen and oxygen atoms in total. The van der Waals surface area contributed by atoms with Crippen LogP contribution in [0.2, 0.25) is 0 Å². The summed E-state index contributed by atoms with van der Waals surface area (Å²) in [6.07, 6.45) is 11.9. The summed E-state index contributed by atoms with van der Waals surface area (Å²) in [7, 11) is 0. The number of aromatic nitrogens is 2. The lowest BCUT2D eigenvalue weighted by atomic mass is 9.81. The number of unbranched alkanes of at least 4 members (excludes halogenated alkanes) is 2. The van der Waals surface area contributed by atoms with E-state index in [2.05, 4.69) is 16.9 Å². The number of carbonyl (C=O) groups is 1. The van der Waals surface area contributed by atoms with Gasteiger partial charge in [0.05, 0.1) is 5.92 Å². The van der Waals surface area contributed by atoms with Gasteiger partial charge >= 0.3 is 5.97 Å². The Morgan fingerprint density at radius 1 is 1.20 bits per heavy atom. The molecule has 4 heteroatoms. The fraction of sp³-hybridized carbons (Fsp3) is 0.688. The Morgan fingerprint density at radius 2 is 1.85 bits per heavy atom. The van der Waals surface area contributed by atoms with Crippen molar-refractivity contribution in [2.45, 2.75) is 64.2 Å². The molecule has 0 unspecified atom stereocenters. The van der Waals surface area contributed by atoms with Gasteiger partial charge in [0.1, 0.15) is 5.82 Å². The molecule has 1 N–H and O–H groups in total. The van der Waals surface area contributed by atoms with Crippen molar-refractivity contribution in [3.63, 3.8) is 0 Å². The Balaban J connectivity index is 1.86. The van der Waals surface area contributed by atoms with E-state index in [0.717, 1.165) is 37.9 Å². The zero-order valence-electron chi connectivity index (χ0n) is 12.2. The van der Waals surface area contributed by atoms with Crippen LogP contribution >= 0.6 is 0 Å². The highest BCUT2D eigenvalue weighted by Gasteiger charge is 2.27. The minimum Gasteiger partial charge on any atom is -0.481 e. The van der Waals surface area contributed by atoms with E-state index < -0.39 is 5.97 Å². The zero-order chi connectivity index (χ0) is 14.4. The first-order valence-electron chi connectivity index (χ1n) is 7.74. The third kappa shape index (κ3) is 4.02. The topological polar surface area (TPSA) is 63.1 Å². The van der Waals surface area contributed by atoms with Crippen molar-refractivity contribution in [3.8, 4) is 0 Å². The van der Waals surface area contributed by atoms with Crippen LogP contribution in [0.3, 0.4) is 0 Å². The molecular weight excluding hydrogens is 252 g/mol. The SMILES string of the molecule is CCCCCc1cnc(C2CCC(C(=O)O)CC2)nc1. The lowest BCUT2D eigenvalue weighted by Crippen LogP contribution is -2.21. The molecule has 2 rings (SSSR count). The summed E-state index contributed by atoms with van der Waals surface area (Å²) in [5, 5.41) is 9.00. The van der Waals surface area contributed by atoms with Crippen LogP contribution in [-0.4, -0.2) is 21.0 Å². The first-order valence-corrected chi connectivity index (χ1v) is 7.74. The number of carboxylic acid groups (broad SMARTS) is 1. The molecule has 20 heavy (non-hydrogen) atoms. The van der Waals surface area contributed by atoms with Gasteiger partial charge in [-0.15, -0.1) is 0 Å². The summed E-state index contributed by atoms with van der Waals surface area (Å²) in [6, 6.07) is 0. The third-order valence-corrected chi connectivity index (χ3v) is 4.24. The molecule has 1 aromatic rings. The van der Waals surface area contributed by atoms with Gasteiger partial charge in [0.25, 0.3) is 0 Å². The fourth-order valence-corrected chi connectivity index (χ4v) is 2.88. The summed E-state index contributed by atoms with van der Waals surface area (Å²) in [6.45, 7) is 2.20. The molecule has 0 atom stereocenters. The van der Waals surface area contributed by atoms with Crippen molar-refractivity contribution in [3.05, 3.63) is 23.8 Å². The number of aryl methyl sites for hydroxylation is 1. The highest BCUT2D eigenvalue weighted by molar-refractivity contribution is 5.70.